The van der Waals surface area contributed by atoms with Crippen LogP contribution in [0.3, 0.4) is 0 Å². The van der Waals surface area contributed by atoms with Crippen molar-refractivity contribution in [2.45, 2.75) is 25.6 Å². The molecule has 0 saturated carbocycles. The second-order valence-corrected chi connectivity index (χ2v) is 8.29. The van der Waals surface area contributed by atoms with Crippen LogP contribution in [0.2, 0.25) is 0 Å². The van der Waals surface area contributed by atoms with Crippen LogP contribution >= 0.6 is 0 Å². The maximum Gasteiger partial charge on any atom is 0.274 e. The van der Waals surface area contributed by atoms with Crippen LogP contribution in [-0.4, -0.2) is 35.3 Å². The number of rotatable bonds is 1. The Hall–Kier alpha value is -3.82. The van der Waals surface area contributed by atoms with Gasteiger partial charge in [0, 0.05) is 42.9 Å². The van der Waals surface area contributed by atoms with E-state index in [1.807, 2.05) is 0 Å². The molecule has 10 heteroatoms. The highest BCUT2D eigenvalue weighted by atomic mass is 19.2. The van der Waals surface area contributed by atoms with Crippen LogP contribution in [0.4, 0.5) is 17.6 Å². The Kier molecular flexibility index (Phi) is 5.11. The average Bonchev–Trinajstić information content (AvgIpc) is 2.79. The topological polar surface area (TPSA) is 54.8 Å². The predicted octanol–water partition coefficient (Wildman–Crippen LogP) is 3.63. The van der Waals surface area contributed by atoms with Crippen molar-refractivity contribution in [3.05, 3.63) is 98.5 Å². The largest absolute Gasteiger partial charge is 0.493 e. The van der Waals surface area contributed by atoms with E-state index in [9.17, 15) is 27.2 Å². The summed E-state index contributed by atoms with van der Waals surface area (Å²) < 4.78 is 63.9. The first kappa shape index (κ1) is 22.0. The van der Waals surface area contributed by atoms with E-state index < -0.39 is 41.4 Å². The highest BCUT2D eigenvalue weighted by molar-refractivity contribution is 5.95. The van der Waals surface area contributed by atoms with Gasteiger partial charge >= 0.3 is 0 Å². The molecule has 5 rings (SSSR count). The summed E-state index contributed by atoms with van der Waals surface area (Å²) in [6.07, 6.45) is 1.00. The molecule has 3 aromatic rings. The third-order valence-corrected chi connectivity index (χ3v) is 6.35. The number of ether oxygens (including phenoxy) is 1. The average molecular weight is 473 g/mol. The summed E-state index contributed by atoms with van der Waals surface area (Å²) in [5.74, 6) is -4.84. The summed E-state index contributed by atoms with van der Waals surface area (Å²) in [6, 6.07) is 5.36. The molecule has 1 amide bonds. The maximum absolute atomic E-state index is 14.5. The van der Waals surface area contributed by atoms with Crippen molar-refractivity contribution in [1.82, 2.24) is 9.58 Å². The van der Waals surface area contributed by atoms with Crippen molar-refractivity contribution in [2.75, 3.05) is 18.7 Å². The molecule has 0 saturated heterocycles. The lowest BCUT2D eigenvalue weighted by Crippen LogP contribution is -2.62. The molecule has 0 unspecified atom stereocenters. The van der Waals surface area contributed by atoms with Gasteiger partial charge in [0.2, 0.25) is 0 Å². The molecule has 0 N–H and O–H groups in total. The van der Waals surface area contributed by atoms with Crippen LogP contribution < -0.4 is 15.2 Å². The van der Waals surface area contributed by atoms with Gasteiger partial charge < -0.3 is 9.64 Å². The SMILES string of the molecule is Cc1c2n(ccc1=O)N1[C@H](c3ccc(F)c(F)c3)c3cc(F)c(F)cc3OCC[C@H]1N(C)C2=O. The minimum absolute atomic E-state index is 0.0333. The summed E-state index contributed by atoms with van der Waals surface area (Å²) in [5.41, 5.74) is 0.307. The molecule has 0 radical (unpaired) electrons. The molecule has 0 aliphatic carbocycles. The summed E-state index contributed by atoms with van der Waals surface area (Å²) >= 11 is 0. The summed E-state index contributed by atoms with van der Waals surface area (Å²) in [6.45, 7) is 1.58. The molecule has 0 bridgehead atoms. The Balaban J connectivity index is 1.86. The molecule has 2 aliphatic rings. The molecule has 1 aromatic heterocycles. The van der Waals surface area contributed by atoms with Crippen molar-refractivity contribution in [3.63, 3.8) is 0 Å². The summed E-state index contributed by atoms with van der Waals surface area (Å²) in [7, 11) is 1.55. The van der Waals surface area contributed by atoms with Crippen molar-refractivity contribution in [2.24, 2.45) is 0 Å². The molecule has 34 heavy (non-hydrogen) atoms. The van der Waals surface area contributed by atoms with E-state index in [0.29, 0.717) is 0 Å². The molecule has 3 heterocycles. The van der Waals surface area contributed by atoms with E-state index in [1.54, 1.807) is 12.1 Å². The maximum atomic E-state index is 14.5. The second-order valence-electron chi connectivity index (χ2n) is 8.29. The first-order valence-corrected chi connectivity index (χ1v) is 10.5. The number of aromatic nitrogens is 1. The number of amides is 1. The Morgan fingerprint density at radius 1 is 0.941 bits per heavy atom. The minimum Gasteiger partial charge on any atom is -0.493 e. The number of nitrogens with zero attached hydrogens (tertiary/aromatic N) is 3. The zero-order chi connectivity index (χ0) is 24.3. The second kappa shape index (κ2) is 7.89. The molecule has 6 nitrogen and oxygen atoms in total. The molecular formula is C24H19F4N3O3. The number of pyridine rings is 1. The molecule has 2 atom stereocenters. The van der Waals surface area contributed by atoms with Gasteiger partial charge in [-0.2, -0.15) is 0 Å². The van der Waals surface area contributed by atoms with Crippen LogP contribution in [0.1, 0.15) is 39.6 Å². The smallest absolute Gasteiger partial charge is 0.274 e. The highest BCUT2D eigenvalue weighted by Gasteiger charge is 2.43. The predicted molar refractivity (Wildman–Crippen MR) is 114 cm³/mol. The first-order chi connectivity index (χ1) is 16.2. The van der Waals surface area contributed by atoms with Gasteiger partial charge in [-0.1, -0.05) is 6.07 Å². The fourth-order valence-corrected chi connectivity index (χ4v) is 4.64. The van der Waals surface area contributed by atoms with Gasteiger partial charge in [0.15, 0.2) is 28.7 Å². The van der Waals surface area contributed by atoms with Crippen LogP contribution in [0, 0.1) is 30.2 Å². The normalized spacial score (nSPS) is 19.5. The molecule has 2 aliphatic heterocycles. The number of halogens is 4. The third-order valence-electron chi connectivity index (χ3n) is 6.35. The number of benzene rings is 2. The molecule has 176 valence electrons. The minimum atomic E-state index is -1.15. The number of carbonyl (C=O) groups is 1. The number of hydrogen-bond donors (Lipinski definition) is 0. The van der Waals surface area contributed by atoms with Crippen LogP contribution in [0.15, 0.2) is 47.4 Å². The van der Waals surface area contributed by atoms with Gasteiger partial charge in [-0.3, -0.25) is 19.3 Å². The Bertz CT molecular complexity index is 1390. The molecule has 0 spiro atoms. The lowest BCUT2D eigenvalue weighted by atomic mass is 9.94. The van der Waals surface area contributed by atoms with Crippen molar-refractivity contribution >= 4 is 5.91 Å². The van der Waals surface area contributed by atoms with Crippen molar-refractivity contribution < 1.29 is 27.1 Å². The Morgan fingerprint density at radius 2 is 1.65 bits per heavy atom. The van der Waals surface area contributed by atoms with Gasteiger partial charge in [0.1, 0.15) is 23.7 Å². The van der Waals surface area contributed by atoms with Crippen molar-refractivity contribution in [1.29, 1.82) is 0 Å². The van der Waals surface area contributed by atoms with E-state index in [-0.39, 0.29) is 46.6 Å². The van der Waals surface area contributed by atoms with E-state index in [4.69, 9.17) is 4.74 Å². The highest BCUT2D eigenvalue weighted by Crippen LogP contribution is 2.41. The lowest BCUT2D eigenvalue weighted by molar-refractivity contribution is 0.0577. The monoisotopic (exact) mass is 473 g/mol. The third kappa shape index (κ3) is 3.24. The Morgan fingerprint density at radius 3 is 2.38 bits per heavy atom. The van der Waals surface area contributed by atoms with Gasteiger partial charge in [-0.05, 0) is 30.7 Å². The molecular weight excluding hydrogens is 454 g/mol. The fraction of sp³-hybridized carbons (Fsp3) is 0.250. The van der Waals surface area contributed by atoms with Gasteiger partial charge in [0.05, 0.1) is 6.61 Å². The van der Waals surface area contributed by atoms with E-state index in [1.165, 1.54) is 34.8 Å². The molecule has 2 aromatic carbocycles. The van der Waals surface area contributed by atoms with Gasteiger partial charge in [-0.25, -0.2) is 17.6 Å². The zero-order valence-electron chi connectivity index (χ0n) is 18.2. The fourth-order valence-electron chi connectivity index (χ4n) is 4.64. The standard InChI is InChI=1S/C24H19F4N3O3/c1-12-19(32)5-7-30-22(12)24(33)29(2)21-6-8-34-20-11-18(28)17(27)10-14(20)23(31(21)30)13-3-4-15(25)16(26)9-13/h3-5,7,9-11,21,23H,6,8H2,1-2H3/t21-,23+/m0/s1. The van der Waals surface area contributed by atoms with Gasteiger partial charge in [-0.15, -0.1) is 0 Å². The summed E-state index contributed by atoms with van der Waals surface area (Å²) in [5, 5.41) is 1.68. The van der Waals surface area contributed by atoms with E-state index in [0.717, 1.165) is 24.3 Å². The van der Waals surface area contributed by atoms with Crippen LogP contribution in [0.5, 0.6) is 5.75 Å². The zero-order valence-corrected chi connectivity index (χ0v) is 18.2. The van der Waals surface area contributed by atoms with Crippen LogP contribution in [0.25, 0.3) is 0 Å². The van der Waals surface area contributed by atoms with Crippen molar-refractivity contribution in [3.8, 4) is 5.75 Å². The van der Waals surface area contributed by atoms with E-state index in [2.05, 4.69) is 0 Å². The quantitative estimate of drug-likeness (QED) is 0.507. The van der Waals surface area contributed by atoms with E-state index >= 15 is 0 Å². The lowest BCUT2D eigenvalue weighted by Gasteiger charge is -2.50. The number of carbonyl (C=O) groups excluding carboxylic acids is 1. The molecule has 0 fully saturated rings. The first-order valence-electron chi connectivity index (χ1n) is 10.5. The van der Waals surface area contributed by atoms with Crippen LogP contribution in [-0.2, 0) is 0 Å². The number of fused-ring (bicyclic) bond motifs is 4. The summed E-state index contributed by atoms with van der Waals surface area (Å²) in [4.78, 5) is 27.0. The van der Waals surface area contributed by atoms with Gasteiger partial charge in [0.25, 0.3) is 5.91 Å². The Labute approximate surface area is 191 Å². The number of hydrogen-bond acceptors (Lipinski definition) is 4.